The maximum Gasteiger partial charge on any atom is 0.282 e. The number of carbonyl (C=O) groups excluding carboxylic acids is 2. The molecule has 1 heterocycles. The van der Waals surface area contributed by atoms with E-state index in [9.17, 15) is 14.0 Å². The number of benzene rings is 3. The molecule has 0 spiro atoms. The number of likely N-dealkylation sites (N-methyl/N-ethyl adjacent to an activating group) is 1. The molecule has 3 aromatic rings. The SMILES string of the molecule is CCN(C1=C(c2ccc(Cl)cc2Cl)C(=O)N(c2cccc(F)c2)C1=O)c1ccccc1. The summed E-state index contributed by atoms with van der Waals surface area (Å²) in [6, 6.07) is 19.4. The van der Waals surface area contributed by atoms with Crippen molar-refractivity contribution in [3.05, 3.63) is 99.9 Å². The van der Waals surface area contributed by atoms with E-state index in [2.05, 4.69) is 0 Å². The quantitative estimate of drug-likeness (QED) is 0.447. The van der Waals surface area contributed by atoms with E-state index in [1.165, 1.54) is 24.3 Å². The maximum absolute atomic E-state index is 13.9. The highest BCUT2D eigenvalue weighted by Gasteiger charge is 2.43. The summed E-state index contributed by atoms with van der Waals surface area (Å²) in [5.74, 6) is -1.68. The average Bonchev–Trinajstić information content (AvgIpc) is 3.00. The third kappa shape index (κ3) is 3.82. The summed E-state index contributed by atoms with van der Waals surface area (Å²) in [5, 5.41) is 0.649. The van der Waals surface area contributed by atoms with Gasteiger partial charge in [-0.25, -0.2) is 9.29 Å². The van der Waals surface area contributed by atoms with Gasteiger partial charge in [0.1, 0.15) is 11.5 Å². The molecule has 0 unspecified atom stereocenters. The van der Waals surface area contributed by atoms with E-state index in [1.54, 1.807) is 17.0 Å². The molecule has 0 radical (unpaired) electrons. The summed E-state index contributed by atoms with van der Waals surface area (Å²) in [7, 11) is 0. The fourth-order valence-electron chi connectivity index (χ4n) is 3.63. The van der Waals surface area contributed by atoms with Crippen LogP contribution in [0.4, 0.5) is 15.8 Å². The molecule has 0 aliphatic carbocycles. The molecule has 0 bridgehead atoms. The Hall–Kier alpha value is -3.15. The Morgan fingerprint density at radius 1 is 0.903 bits per heavy atom. The molecule has 0 saturated heterocycles. The molecule has 2 amide bonds. The minimum absolute atomic E-state index is 0.140. The molecule has 7 heteroatoms. The van der Waals surface area contributed by atoms with E-state index >= 15 is 0 Å². The summed E-state index contributed by atoms with van der Waals surface area (Å²) in [6.45, 7) is 2.30. The number of amides is 2. The second-order valence-corrected chi connectivity index (χ2v) is 7.70. The highest BCUT2D eigenvalue weighted by molar-refractivity contribution is 6.48. The zero-order valence-corrected chi connectivity index (χ0v) is 18.0. The van der Waals surface area contributed by atoms with Crippen LogP contribution in [-0.2, 0) is 9.59 Å². The summed E-state index contributed by atoms with van der Waals surface area (Å²) in [5.41, 5.74) is 1.59. The van der Waals surface area contributed by atoms with Crippen LogP contribution in [0.3, 0.4) is 0 Å². The van der Waals surface area contributed by atoms with Crippen LogP contribution in [0.5, 0.6) is 0 Å². The molecule has 1 aliphatic heterocycles. The van der Waals surface area contributed by atoms with Crippen LogP contribution in [0.25, 0.3) is 5.57 Å². The minimum atomic E-state index is -0.579. The Balaban J connectivity index is 1.95. The molecule has 4 rings (SSSR count). The first-order chi connectivity index (χ1) is 14.9. The van der Waals surface area contributed by atoms with Gasteiger partial charge in [0.05, 0.1) is 16.3 Å². The van der Waals surface area contributed by atoms with Crippen LogP contribution in [0.15, 0.2) is 78.5 Å². The number of rotatable bonds is 5. The van der Waals surface area contributed by atoms with Gasteiger partial charge in [0.2, 0.25) is 0 Å². The standard InChI is InChI=1S/C24H17Cl2FN2O2/c1-2-28(17-8-4-3-5-9-17)22-21(19-12-11-15(25)13-20(19)26)23(30)29(24(22)31)18-10-6-7-16(27)14-18/h3-14H,2H2,1H3. The van der Waals surface area contributed by atoms with Gasteiger partial charge in [0.15, 0.2) is 0 Å². The molecule has 156 valence electrons. The highest BCUT2D eigenvalue weighted by Crippen LogP contribution is 2.39. The monoisotopic (exact) mass is 454 g/mol. The van der Waals surface area contributed by atoms with E-state index in [0.717, 1.165) is 16.7 Å². The Bertz CT molecular complexity index is 1210. The lowest BCUT2D eigenvalue weighted by Crippen LogP contribution is -2.35. The van der Waals surface area contributed by atoms with Crippen molar-refractivity contribution in [1.82, 2.24) is 0 Å². The predicted molar refractivity (Wildman–Crippen MR) is 122 cm³/mol. The molecule has 31 heavy (non-hydrogen) atoms. The molecule has 0 saturated carbocycles. The van der Waals surface area contributed by atoms with Gasteiger partial charge < -0.3 is 4.90 Å². The zero-order valence-electron chi connectivity index (χ0n) is 16.5. The molecule has 0 fully saturated rings. The Morgan fingerprint density at radius 2 is 1.65 bits per heavy atom. The van der Waals surface area contributed by atoms with Gasteiger partial charge in [-0.15, -0.1) is 0 Å². The third-order valence-electron chi connectivity index (χ3n) is 4.98. The van der Waals surface area contributed by atoms with Crippen LogP contribution in [0.2, 0.25) is 10.0 Å². The van der Waals surface area contributed by atoms with Gasteiger partial charge in [-0.3, -0.25) is 9.59 Å². The van der Waals surface area contributed by atoms with Crippen LogP contribution >= 0.6 is 23.2 Å². The second kappa shape index (κ2) is 8.53. The normalized spacial score (nSPS) is 13.9. The lowest BCUT2D eigenvalue weighted by molar-refractivity contribution is -0.120. The highest BCUT2D eigenvalue weighted by atomic mass is 35.5. The third-order valence-corrected chi connectivity index (χ3v) is 5.53. The van der Waals surface area contributed by atoms with Gasteiger partial charge in [-0.05, 0) is 49.4 Å². The van der Waals surface area contributed by atoms with Crippen LogP contribution in [0.1, 0.15) is 12.5 Å². The first-order valence-electron chi connectivity index (χ1n) is 9.59. The minimum Gasteiger partial charge on any atom is -0.337 e. The van der Waals surface area contributed by atoms with Crippen molar-refractivity contribution in [3.8, 4) is 0 Å². The van der Waals surface area contributed by atoms with Crippen molar-refractivity contribution < 1.29 is 14.0 Å². The molecular weight excluding hydrogens is 438 g/mol. The summed E-state index contributed by atoms with van der Waals surface area (Å²) < 4.78 is 13.9. The number of nitrogens with zero attached hydrogens (tertiary/aromatic N) is 2. The Labute approximate surface area is 189 Å². The largest absolute Gasteiger partial charge is 0.337 e. The summed E-state index contributed by atoms with van der Waals surface area (Å²) >= 11 is 12.5. The Kier molecular flexibility index (Phi) is 5.81. The smallest absolute Gasteiger partial charge is 0.282 e. The van der Waals surface area contributed by atoms with Crippen LogP contribution in [-0.4, -0.2) is 18.4 Å². The van der Waals surface area contributed by atoms with Gasteiger partial charge in [0, 0.05) is 22.8 Å². The molecule has 0 aromatic heterocycles. The molecular formula is C24H17Cl2FN2O2. The van der Waals surface area contributed by atoms with Gasteiger partial charge in [-0.1, -0.05) is 53.5 Å². The first kappa shape index (κ1) is 21.1. The molecule has 1 aliphatic rings. The van der Waals surface area contributed by atoms with Gasteiger partial charge >= 0.3 is 0 Å². The number of carbonyl (C=O) groups is 2. The van der Waals surface area contributed by atoms with Crippen molar-refractivity contribution >= 4 is 52.0 Å². The number of anilines is 2. The second-order valence-electron chi connectivity index (χ2n) is 6.85. The molecule has 0 atom stereocenters. The number of hydrogen-bond donors (Lipinski definition) is 0. The van der Waals surface area contributed by atoms with Crippen molar-refractivity contribution in [3.63, 3.8) is 0 Å². The van der Waals surface area contributed by atoms with Gasteiger partial charge in [-0.2, -0.15) is 0 Å². The number of para-hydroxylation sites is 1. The lowest BCUT2D eigenvalue weighted by Gasteiger charge is -2.25. The number of hydrogen-bond acceptors (Lipinski definition) is 3. The fourth-order valence-corrected chi connectivity index (χ4v) is 4.13. The molecule has 4 nitrogen and oxygen atoms in total. The van der Waals surface area contributed by atoms with E-state index < -0.39 is 17.6 Å². The molecule has 0 N–H and O–H groups in total. The van der Waals surface area contributed by atoms with Gasteiger partial charge in [0.25, 0.3) is 11.8 Å². The van der Waals surface area contributed by atoms with E-state index in [-0.39, 0.29) is 22.0 Å². The predicted octanol–water partition coefficient (Wildman–Crippen LogP) is 5.94. The number of halogens is 3. The van der Waals surface area contributed by atoms with Crippen molar-refractivity contribution in [2.75, 3.05) is 16.3 Å². The van der Waals surface area contributed by atoms with Crippen LogP contribution < -0.4 is 9.80 Å². The number of imide groups is 1. The summed E-state index contributed by atoms with van der Waals surface area (Å²) in [6.07, 6.45) is 0. The summed E-state index contributed by atoms with van der Waals surface area (Å²) in [4.78, 5) is 29.8. The van der Waals surface area contributed by atoms with Crippen molar-refractivity contribution in [2.45, 2.75) is 6.92 Å². The topological polar surface area (TPSA) is 40.6 Å². The van der Waals surface area contributed by atoms with E-state index in [1.807, 2.05) is 37.3 Å². The van der Waals surface area contributed by atoms with Crippen LogP contribution in [0, 0.1) is 5.82 Å². The fraction of sp³-hybridized carbons (Fsp3) is 0.0833. The van der Waals surface area contributed by atoms with Crippen molar-refractivity contribution in [2.24, 2.45) is 0 Å². The van der Waals surface area contributed by atoms with E-state index in [4.69, 9.17) is 23.2 Å². The lowest BCUT2D eigenvalue weighted by atomic mass is 10.0. The molecule has 3 aromatic carbocycles. The first-order valence-corrected chi connectivity index (χ1v) is 10.3. The Morgan fingerprint density at radius 3 is 2.29 bits per heavy atom. The maximum atomic E-state index is 13.9. The van der Waals surface area contributed by atoms with Crippen molar-refractivity contribution in [1.29, 1.82) is 0 Å². The average molecular weight is 455 g/mol. The van der Waals surface area contributed by atoms with E-state index in [0.29, 0.717) is 17.1 Å². The zero-order chi connectivity index (χ0) is 22.1.